The van der Waals surface area contributed by atoms with Crippen LogP contribution in [-0.2, 0) is 11.2 Å². The average molecular weight is 248 g/mol. The number of para-hydroxylation sites is 1. The summed E-state index contributed by atoms with van der Waals surface area (Å²) in [4.78, 5) is 2.43. The summed E-state index contributed by atoms with van der Waals surface area (Å²) in [5.74, 6) is 0. The van der Waals surface area contributed by atoms with Crippen LogP contribution in [0.3, 0.4) is 0 Å². The van der Waals surface area contributed by atoms with Crippen LogP contribution in [0.15, 0.2) is 24.3 Å². The first-order valence-corrected chi connectivity index (χ1v) is 6.99. The van der Waals surface area contributed by atoms with Gasteiger partial charge in [-0.2, -0.15) is 0 Å². The lowest BCUT2D eigenvalue weighted by molar-refractivity contribution is 0.139. The number of ether oxygens (including phenoxy) is 1. The maximum Gasteiger partial charge on any atom is 0.0641 e. The van der Waals surface area contributed by atoms with Crippen molar-refractivity contribution in [2.75, 3.05) is 31.2 Å². The number of benzene rings is 1. The summed E-state index contributed by atoms with van der Waals surface area (Å²) >= 11 is 0. The molecule has 0 radical (unpaired) electrons. The van der Waals surface area contributed by atoms with Crippen LogP contribution in [0.2, 0.25) is 0 Å². The molecule has 0 fully saturated rings. The van der Waals surface area contributed by atoms with E-state index >= 15 is 0 Å². The van der Waals surface area contributed by atoms with Gasteiger partial charge in [-0.1, -0.05) is 25.1 Å². The Labute approximate surface area is 110 Å². The largest absolute Gasteiger partial charge is 0.380 e. The van der Waals surface area contributed by atoms with Crippen LogP contribution in [0.4, 0.5) is 5.69 Å². The summed E-state index contributed by atoms with van der Waals surface area (Å²) in [5.41, 5.74) is 8.69. The fraction of sp³-hybridized carbons (Fsp3) is 0.600. The van der Waals surface area contributed by atoms with Gasteiger partial charge in [0.05, 0.1) is 6.61 Å². The third kappa shape index (κ3) is 3.03. The van der Waals surface area contributed by atoms with Crippen LogP contribution < -0.4 is 10.6 Å². The highest BCUT2D eigenvalue weighted by atomic mass is 16.5. The van der Waals surface area contributed by atoms with Gasteiger partial charge in [0.25, 0.3) is 0 Å². The number of nitrogens with zero attached hydrogens (tertiary/aromatic N) is 1. The second-order valence-corrected chi connectivity index (χ2v) is 4.86. The Bertz CT molecular complexity index is 367. The first kappa shape index (κ1) is 13.4. The predicted molar refractivity (Wildman–Crippen MR) is 76.1 cm³/mol. The fourth-order valence-electron chi connectivity index (χ4n) is 2.63. The van der Waals surface area contributed by atoms with Crippen molar-refractivity contribution >= 4 is 5.69 Å². The molecule has 1 aromatic carbocycles. The summed E-state index contributed by atoms with van der Waals surface area (Å²) in [6.07, 6.45) is 3.38. The molecule has 3 nitrogen and oxygen atoms in total. The van der Waals surface area contributed by atoms with E-state index in [9.17, 15) is 0 Å². The van der Waals surface area contributed by atoms with Gasteiger partial charge in [0.1, 0.15) is 0 Å². The minimum Gasteiger partial charge on any atom is -0.380 e. The highest BCUT2D eigenvalue weighted by Crippen LogP contribution is 2.29. The molecule has 100 valence electrons. The molecule has 0 amide bonds. The molecule has 0 bridgehead atoms. The number of hydrogen-bond acceptors (Lipinski definition) is 3. The van der Waals surface area contributed by atoms with E-state index in [0.717, 1.165) is 45.6 Å². The highest BCUT2D eigenvalue weighted by molar-refractivity contribution is 5.56. The third-order valence-corrected chi connectivity index (χ3v) is 3.59. The SMILES string of the molecule is CCCOCCN1c2ccccc2CCC1CN. The molecule has 0 aliphatic carbocycles. The van der Waals surface area contributed by atoms with Crippen molar-refractivity contribution in [1.29, 1.82) is 0 Å². The van der Waals surface area contributed by atoms with E-state index in [1.54, 1.807) is 0 Å². The maximum atomic E-state index is 5.90. The van der Waals surface area contributed by atoms with Crippen molar-refractivity contribution in [2.24, 2.45) is 5.73 Å². The number of hydrogen-bond donors (Lipinski definition) is 1. The Hall–Kier alpha value is -1.06. The zero-order valence-corrected chi connectivity index (χ0v) is 11.3. The molecule has 1 aliphatic heterocycles. The van der Waals surface area contributed by atoms with E-state index in [-0.39, 0.29) is 0 Å². The third-order valence-electron chi connectivity index (χ3n) is 3.59. The molecule has 1 aliphatic rings. The van der Waals surface area contributed by atoms with E-state index in [0.29, 0.717) is 6.04 Å². The second-order valence-electron chi connectivity index (χ2n) is 4.86. The Balaban J connectivity index is 2.04. The molecule has 1 heterocycles. The second kappa shape index (κ2) is 6.76. The molecule has 1 unspecified atom stereocenters. The lowest BCUT2D eigenvalue weighted by atomic mass is 9.96. The standard InChI is InChI=1S/C15H24N2O/c1-2-10-18-11-9-17-14(12-16)8-7-13-5-3-4-6-15(13)17/h3-6,14H,2,7-12,16H2,1H3. The highest BCUT2D eigenvalue weighted by Gasteiger charge is 2.24. The van der Waals surface area contributed by atoms with E-state index < -0.39 is 0 Å². The molecule has 1 aromatic rings. The van der Waals surface area contributed by atoms with Crippen LogP contribution in [0, 0.1) is 0 Å². The van der Waals surface area contributed by atoms with Crippen molar-refractivity contribution in [1.82, 2.24) is 0 Å². The van der Waals surface area contributed by atoms with Gasteiger partial charge >= 0.3 is 0 Å². The topological polar surface area (TPSA) is 38.5 Å². The van der Waals surface area contributed by atoms with Crippen molar-refractivity contribution in [3.05, 3.63) is 29.8 Å². The first-order valence-electron chi connectivity index (χ1n) is 6.99. The van der Waals surface area contributed by atoms with Crippen molar-refractivity contribution in [2.45, 2.75) is 32.2 Å². The Morgan fingerprint density at radius 3 is 2.94 bits per heavy atom. The van der Waals surface area contributed by atoms with Crippen molar-refractivity contribution < 1.29 is 4.74 Å². The van der Waals surface area contributed by atoms with E-state index in [2.05, 4.69) is 36.1 Å². The maximum absolute atomic E-state index is 5.90. The molecule has 1 atom stereocenters. The summed E-state index contributed by atoms with van der Waals surface area (Å²) in [6.45, 7) is 5.45. The van der Waals surface area contributed by atoms with Gasteiger partial charge in [-0.15, -0.1) is 0 Å². The summed E-state index contributed by atoms with van der Waals surface area (Å²) in [6, 6.07) is 9.12. The number of nitrogens with two attached hydrogens (primary N) is 1. The van der Waals surface area contributed by atoms with Crippen LogP contribution in [-0.4, -0.2) is 32.3 Å². The number of anilines is 1. The zero-order chi connectivity index (χ0) is 12.8. The number of fused-ring (bicyclic) bond motifs is 1. The molecule has 0 saturated heterocycles. The molecule has 0 saturated carbocycles. The summed E-state index contributed by atoms with van der Waals surface area (Å²) in [5, 5.41) is 0. The fourth-order valence-corrected chi connectivity index (χ4v) is 2.63. The van der Waals surface area contributed by atoms with Gasteiger partial charge in [-0.05, 0) is 30.9 Å². The van der Waals surface area contributed by atoms with E-state index in [4.69, 9.17) is 10.5 Å². The smallest absolute Gasteiger partial charge is 0.0641 e. The number of rotatable bonds is 6. The summed E-state index contributed by atoms with van der Waals surface area (Å²) < 4.78 is 5.61. The van der Waals surface area contributed by atoms with Gasteiger partial charge in [0.15, 0.2) is 0 Å². The lowest BCUT2D eigenvalue weighted by Crippen LogP contribution is -2.45. The molecule has 0 spiro atoms. The Morgan fingerprint density at radius 1 is 1.33 bits per heavy atom. The van der Waals surface area contributed by atoms with Crippen LogP contribution >= 0.6 is 0 Å². The van der Waals surface area contributed by atoms with Crippen molar-refractivity contribution in [3.8, 4) is 0 Å². The molecule has 3 heteroatoms. The van der Waals surface area contributed by atoms with Crippen molar-refractivity contribution in [3.63, 3.8) is 0 Å². The number of aryl methyl sites for hydroxylation is 1. The molecular weight excluding hydrogens is 224 g/mol. The van der Waals surface area contributed by atoms with Gasteiger partial charge in [0.2, 0.25) is 0 Å². The van der Waals surface area contributed by atoms with E-state index in [1.165, 1.54) is 11.3 Å². The minimum absolute atomic E-state index is 0.463. The Kier molecular flexibility index (Phi) is 5.02. The minimum atomic E-state index is 0.463. The van der Waals surface area contributed by atoms with Crippen LogP contribution in [0.25, 0.3) is 0 Å². The zero-order valence-electron chi connectivity index (χ0n) is 11.3. The average Bonchev–Trinajstić information content (AvgIpc) is 2.43. The van der Waals surface area contributed by atoms with Gasteiger partial charge < -0.3 is 15.4 Å². The summed E-state index contributed by atoms with van der Waals surface area (Å²) in [7, 11) is 0. The normalized spacial score (nSPS) is 18.8. The monoisotopic (exact) mass is 248 g/mol. The molecule has 2 rings (SSSR count). The first-order chi connectivity index (χ1) is 8.86. The van der Waals surface area contributed by atoms with Gasteiger partial charge in [-0.3, -0.25) is 0 Å². The molecule has 18 heavy (non-hydrogen) atoms. The molecule has 0 aromatic heterocycles. The van der Waals surface area contributed by atoms with Crippen LogP contribution in [0.5, 0.6) is 0 Å². The Morgan fingerprint density at radius 2 is 2.17 bits per heavy atom. The van der Waals surface area contributed by atoms with E-state index in [1.807, 2.05) is 0 Å². The van der Waals surface area contributed by atoms with Crippen LogP contribution in [0.1, 0.15) is 25.3 Å². The molecular formula is C15H24N2O. The lowest BCUT2D eigenvalue weighted by Gasteiger charge is -2.38. The molecule has 2 N–H and O–H groups in total. The van der Waals surface area contributed by atoms with Gasteiger partial charge in [0, 0.05) is 31.4 Å². The van der Waals surface area contributed by atoms with Gasteiger partial charge in [-0.25, -0.2) is 0 Å². The quantitative estimate of drug-likeness (QED) is 0.784. The predicted octanol–water partition coefficient (Wildman–Crippen LogP) is 2.19.